The molecule has 21 heavy (non-hydrogen) atoms. The van der Waals surface area contributed by atoms with Crippen molar-refractivity contribution in [1.29, 1.82) is 0 Å². The molecule has 0 N–H and O–H groups in total. The van der Waals surface area contributed by atoms with Crippen molar-refractivity contribution in [2.45, 2.75) is 32.1 Å². The van der Waals surface area contributed by atoms with Crippen molar-refractivity contribution in [3.8, 4) is 5.75 Å². The summed E-state index contributed by atoms with van der Waals surface area (Å²) < 4.78 is 24.1. The second kappa shape index (κ2) is 5.31. The molecule has 0 spiro atoms. The Labute approximate surface area is 121 Å². The van der Waals surface area contributed by atoms with Gasteiger partial charge in [-0.05, 0) is 31.4 Å². The topological polar surface area (TPSA) is 52.3 Å². The van der Waals surface area contributed by atoms with E-state index in [0.717, 1.165) is 12.8 Å². The molecule has 0 unspecified atom stereocenters. The Hall–Kier alpha value is -2.17. The van der Waals surface area contributed by atoms with Gasteiger partial charge in [0.25, 0.3) is 0 Å². The molecule has 1 aromatic heterocycles. The minimum Gasteiger partial charge on any atom is -0.493 e. The lowest BCUT2D eigenvalue weighted by Crippen LogP contribution is -2.08. The van der Waals surface area contributed by atoms with Gasteiger partial charge in [0.2, 0.25) is 0 Å². The zero-order chi connectivity index (χ0) is 15.0. The van der Waals surface area contributed by atoms with Gasteiger partial charge in [0.15, 0.2) is 23.1 Å². The van der Waals surface area contributed by atoms with E-state index in [-0.39, 0.29) is 11.5 Å². The number of hydrogen-bond acceptors (Lipinski definition) is 4. The number of halogens is 1. The van der Waals surface area contributed by atoms with Crippen LogP contribution in [0.2, 0.25) is 0 Å². The lowest BCUT2D eigenvalue weighted by Gasteiger charge is -2.12. The molecule has 3 rings (SSSR count). The fraction of sp³-hybridized carbons (Fsp3) is 0.375. The Morgan fingerprint density at radius 1 is 1.43 bits per heavy atom. The molecule has 0 atom stereocenters. The second-order valence-electron chi connectivity index (χ2n) is 5.17. The number of aromatic nitrogens is 1. The molecule has 1 aromatic carbocycles. The predicted octanol–water partition coefficient (Wildman–Crippen LogP) is 3.49. The molecule has 2 aromatic rings. The molecular weight excluding hydrogens is 273 g/mol. The molecule has 0 amide bonds. The van der Waals surface area contributed by atoms with Gasteiger partial charge in [-0.15, -0.1) is 0 Å². The van der Waals surface area contributed by atoms with Crippen LogP contribution in [0.3, 0.4) is 0 Å². The van der Waals surface area contributed by atoms with E-state index in [1.807, 2.05) is 6.92 Å². The number of ether oxygens (including phenoxy) is 1. The van der Waals surface area contributed by atoms with Crippen LogP contribution in [0.5, 0.6) is 5.75 Å². The lowest BCUT2D eigenvalue weighted by molar-refractivity contribution is 0.103. The third-order valence-electron chi connectivity index (χ3n) is 3.81. The van der Waals surface area contributed by atoms with E-state index in [9.17, 15) is 9.18 Å². The summed E-state index contributed by atoms with van der Waals surface area (Å²) in [4.78, 5) is 12.7. The smallest absolute Gasteiger partial charge is 0.198 e. The summed E-state index contributed by atoms with van der Waals surface area (Å²) in [5.41, 5.74) is 1.49. The predicted molar refractivity (Wildman–Crippen MR) is 74.2 cm³/mol. The zero-order valence-corrected chi connectivity index (χ0v) is 12.0. The molecule has 110 valence electrons. The third kappa shape index (κ3) is 2.33. The first-order valence-corrected chi connectivity index (χ1v) is 7.02. The van der Waals surface area contributed by atoms with E-state index in [4.69, 9.17) is 9.26 Å². The quantitative estimate of drug-likeness (QED) is 0.791. The van der Waals surface area contributed by atoms with Crippen molar-refractivity contribution in [2.24, 2.45) is 0 Å². The number of methoxy groups -OCH3 is 1. The Balaban J connectivity index is 2.07. The molecule has 1 fully saturated rings. The van der Waals surface area contributed by atoms with E-state index >= 15 is 0 Å². The molecule has 1 aliphatic rings. The highest BCUT2D eigenvalue weighted by molar-refractivity contribution is 6.10. The number of hydrogen-bond donors (Lipinski definition) is 0. The van der Waals surface area contributed by atoms with Crippen LogP contribution in [-0.2, 0) is 6.42 Å². The van der Waals surface area contributed by atoms with Crippen LogP contribution in [-0.4, -0.2) is 18.0 Å². The monoisotopic (exact) mass is 289 g/mol. The van der Waals surface area contributed by atoms with Gasteiger partial charge in [-0.3, -0.25) is 4.79 Å². The van der Waals surface area contributed by atoms with E-state index in [1.54, 1.807) is 0 Å². The molecule has 5 heteroatoms. The molecule has 0 radical (unpaired) electrons. The first kappa shape index (κ1) is 13.8. The van der Waals surface area contributed by atoms with Crippen LogP contribution in [0, 0.1) is 5.82 Å². The molecule has 0 aliphatic heterocycles. The number of rotatable bonds is 5. The molecule has 1 aliphatic carbocycles. The Bertz CT molecular complexity index is 689. The summed E-state index contributed by atoms with van der Waals surface area (Å²) in [6.45, 7) is 1.86. The number of benzene rings is 1. The Morgan fingerprint density at radius 3 is 2.81 bits per heavy atom. The largest absolute Gasteiger partial charge is 0.493 e. The van der Waals surface area contributed by atoms with E-state index in [1.165, 1.54) is 25.4 Å². The van der Waals surface area contributed by atoms with Crippen molar-refractivity contribution in [3.63, 3.8) is 0 Å². The van der Waals surface area contributed by atoms with Crippen molar-refractivity contribution in [3.05, 3.63) is 46.6 Å². The molecule has 1 heterocycles. The number of ketones is 1. The molecular formula is C16H16FNO3. The molecule has 1 saturated carbocycles. The van der Waals surface area contributed by atoms with Crippen molar-refractivity contribution in [2.75, 3.05) is 7.11 Å². The van der Waals surface area contributed by atoms with Crippen LogP contribution in [0.4, 0.5) is 4.39 Å². The van der Waals surface area contributed by atoms with Gasteiger partial charge in [0.1, 0.15) is 0 Å². The van der Waals surface area contributed by atoms with Gasteiger partial charge in [0, 0.05) is 17.0 Å². The van der Waals surface area contributed by atoms with Crippen LogP contribution >= 0.6 is 0 Å². The van der Waals surface area contributed by atoms with E-state index in [0.29, 0.717) is 34.8 Å². The Kier molecular flexibility index (Phi) is 3.49. The lowest BCUT2D eigenvalue weighted by atomic mass is 9.95. The highest BCUT2D eigenvalue weighted by Gasteiger charge is 2.33. The first-order valence-electron chi connectivity index (χ1n) is 7.02. The summed E-state index contributed by atoms with van der Waals surface area (Å²) in [6.07, 6.45) is 3.99. The normalized spacial score (nSPS) is 14.2. The SMILES string of the molecule is CCc1c(C(=O)c2cnoc2C2CC2)ccc(F)c1OC. The summed E-state index contributed by atoms with van der Waals surface area (Å²) in [6, 6.07) is 2.76. The van der Waals surface area contributed by atoms with E-state index < -0.39 is 5.82 Å². The zero-order valence-electron chi connectivity index (χ0n) is 12.0. The minimum absolute atomic E-state index is 0.132. The van der Waals surface area contributed by atoms with Crippen LogP contribution in [0.1, 0.15) is 52.9 Å². The molecule has 4 nitrogen and oxygen atoms in total. The second-order valence-corrected chi connectivity index (χ2v) is 5.17. The number of carbonyl (C=O) groups is 1. The van der Waals surface area contributed by atoms with Gasteiger partial charge < -0.3 is 9.26 Å². The maximum absolute atomic E-state index is 13.8. The van der Waals surface area contributed by atoms with Crippen LogP contribution in [0.25, 0.3) is 0 Å². The fourth-order valence-electron chi connectivity index (χ4n) is 2.59. The average molecular weight is 289 g/mol. The summed E-state index contributed by atoms with van der Waals surface area (Å²) >= 11 is 0. The van der Waals surface area contributed by atoms with Crippen LogP contribution < -0.4 is 4.74 Å². The molecule has 0 bridgehead atoms. The number of carbonyl (C=O) groups excluding carboxylic acids is 1. The Morgan fingerprint density at radius 2 is 2.19 bits per heavy atom. The van der Waals surface area contributed by atoms with Crippen molar-refractivity contribution in [1.82, 2.24) is 5.16 Å². The maximum atomic E-state index is 13.8. The van der Waals surface area contributed by atoms with Gasteiger partial charge in [-0.1, -0.05) is 12.1 Å². The van der Waals surface area contributed by atoms with Crippen molar-refractivity contribution < 1.29 is 18.4 Å². The first-order chi connectivity index (χ1) is 10.2. The van der Waals surface area contributed by atoms with Gasteiger partial charge in [0.05, 0.1) is 18.9 Å². The summed E-state index contributed by atoms with van der Waals surface area (Å²) in [5, 5.41) is 3.74. The highest BCUT2D eigenvalue weighted by Crippen LogP contribution is 2.42. The average Bonchev–Trinajstić information content (AvgIpc) is 3.23. The fourth-order valence-corrected chi connectivity index (χ4v) is 2.59. The summed E-state index contributed by atoms with van der Waals surface area (Å²) in [5.74, 6) is 0.420. The molecule has 0 saturated heterocycles. The standard InChI is InChI=1S/C16H16FNO3/c1-3-10-11(6-7-13(17)16(10)20-2)14(19)12-8-18-21-15(12)9-4-5-9/h6-9H,3-5H2,1-2H3. The maximum Gasteiger partial charge on any atom is 0.198 e. The number of nitrogens with zero attached hydrogens (tertiary/aromatic N) is 1. The van der Waals surface area contributed by atoms with Gasteiger partial charge >= 0.3 is 0 Å². The van der Waals surface area contributed by atoms with Gasteiger partial charge in [-0.2, -0.15) is 0 Å². The minimum atomic E-state index is -0.460. The van der Waals surface area contributed by atoms with Gasteiger partial charge in [-0.25, -0.2) is 4.39 Å². The van der Waals surface area contributed by atoms with Crippen molar-refractivity contribution >= 4 is 5.78 Å². The third-order valence-corrected chi connectivity index (χ3v) is 3.81. The van der Waals surface area contributed by atoms with Crippen LogP contribution in [0.15, 0.2) is 22.9 Å². The highest BCUT2D eigenvalue weighted by atomic mass is 19.1. The summed E-state index contributed by atoms with van der Waals surface area (Å²) in [7, 11) is 1.40. The van der Waals surface area contributed by atoms with E-state index in [2.05, 4.69) is 5.16 Å².